The van der Waals surface area contributed by atoms with Crippen molar-refractivity contribution in [1.82, 2.24) is 19.5 Å². The Hall–Kier alpha value is -1.92. The standard InChI is InChI=1S/C17H18FN5O3S2/c18-10-3-1-9(2-4-10)7-27-28-16-14-15(21-17(19)22-16)23(8-20-14)13-5-11(25)12(6-24)26-13/h1-4,8,11-13,24-25H,5-7H2,(H2,19,21,22)/t11-,12+,13?/m0/s1. The third-order valence-corrected chi connectivity index (χ3v) is 6.57. The third kappa shape index (κ3) is 3.94. The van der Waals surface area contributed by atoms with Gasteiger partial charge in [-0.05, 0) is 28.5 Å². The molecule has 1 aromatic carbocycles. The first-order chi connectivity index (χ1) is 13.5. The Morgan fingerprint density at radius 3 is 2.79 bits per heavy atom. The third-order valence-electron chi connectivity index (χ3n) is 4.38. The molecule has 1 aliphatic heterocycles. The molecule has 0 saturated carbocycles. The first kappa shape index (κ1) is 19.4. The maximum absolute atomic E-state index is 13.0. The van der Waals surface area contributed by atoms with Gasteiger partial charge in [0, 0.05) is 12.2 Å². The molecule has 1 saturated heterocycles. The first-order valence-corrected chi connectivity index (χ1v) is 10.9. The number of aromatic nitrogens is 4. The van der Waals surface area contributed by atoms with E-state index in [1.54, 1.807) is 23.0 Å². The van der Waals surface area contributed by atoms with Gasteiger partial charge < -0.3 is 20.7 Å². The lowest BCUT2D eigenvalue weighted by Crippen LogP contribution is -2.24. The zero-order chi connectivity index (χ0) is 19.7. The number of rotatable bonds is 6. The molecule has 1 aliphatic rings. The largest absolute Gasteiger partial charge is 0.394 e. The molecule has 0 spiro atoms. The van der Waals surface area contributed by atoms with E-state index < -0.39 is 18.4 Å². The van der Waals surface area contributed by atoms with Gasteiger partial charge in [0.2, 0.25) is 5.95 Å². The van der Waals surface area contributed by atoms with E-state index in [-0.39, 0.29) is 18.4 Å². The number of anilines is 1. The van der Waals surface area contributed by atoms with Crippen LogP contribution in [0.4, 0.5) is 10.3 Å². The van der Waals surface area contributed by atoms with E-state index in [4.69, 9.17) is 10.5 Å². The Morgan fingerprint density at radius 2 is 2.07 bits per heavy atom. The second-order valence-electron chi connectivity index (χ2n) is 6.30. The van der Waals surface area contributed by atoms with Gasteiger partial charge in [0.05, 0.1) is 19.0 Å². The number of imidazole rings is 1. The molecular weight excluding hydrogens is 405 g/mol. The van der Waals surface area contributed by atoms with Gasteiger partial charge in [-0.3, -0.25) is 4.57 Å². The number of benzene rings is 1. The van der Waals surface area contributed by atoms with Crippen molar-refractivity contribution in [3.05, 3.63) is 42.0 Å². The van der Waals surface area contributed by atoms with E-state index in [0.29, 0.717) is 28.4 Å². The number of hydrogen-bond donors (Lipinski definition) is 3. The molecule has 1 unspecified atom stereocenters. The van der Waals surface area contributed by atoms with Gasteiger partial charge in [-0.25, -0.2) is 14.4 Å². The summed E-state index contributed by atoms with van der Waals surface area (Å²) in [5.41, 5.74) is 7.95. The lowest BCUT2D eigenvalue weighted by Gasteiger charge is -2.13. The topological polar surface area (TPSA) is 119 Å². The van der Waals surface area contributed by atoms with Gasteiger partial charge in [-0.15, -0.1) is 0 Å². The van der Waals surface area contributed by atoms with Crippen LogP contribution in [-0.4, -0.2) is 48.5 Å². The van der Waals surface area contributed by atoms with Crippen LogP contribution >= 0.6 is 21.6 Å². The number of aliphatic hydroxyl groups is 2. The Bertz CT molecular complexity index is 971. The van der Waals surface area contributed by atoms with Crippen molar-refractivity contribution < 1.29 is 19.3 Å². The lowest BCUT2D eigenvalue weighted by molar-refractivity contribution is -0.0432. The van der Waals surface area contributed by atoms with Crippen molar-refractivity contribution in [3.8, 4) is 0 Å². The monoisotopic (exact) mass is 423 g/mol. The molecule has 3 atom stereocenters. The molecule has 4 N–H and O–H groups in total. The van der Waals surface area contributed by atoms with Gasteiger partial charge in [0.1, 0.15) is 28.7 Å². The van der Waals surface area contributed by atoms with Crippen molar-refractivity contribution in [3.63, 3.8) is 0 Å². The van der Waals surface area contributed by atoms with Crippen LogP contribution in [0.25, 0.3) is 11.2 Å². The number of nitrogens with zero attached hydrogens (tertiary/aromatic N) is 4. The molecule has 0 bridgehead atoms. The van der Waals surface area contributed by atoms with Crippen molar-refractivity contribution in [2.24, 2.45) is 0 Å². The molecule has 8 nitrogen and oxygen atoms in total. The van der Waals surface area contributed by atoms with Crippen molar-refractivity contribution in [1.29, 1.82) is 0 Å². The van der Waals surface area contributed by atoms with Crippen molar-refractivity contribution >= 4 is 38.7 Å². The van der Waals surface area contributed by atoms with Gasteiger partial charge >= 0.3 is 0 Å². The molecule has 0 amide bonds. The van der Waals surface area contributed by atoms with Crippen LogP contribution in [0.15, 0.2) is 35.6 Å². The maximum atomic E-state index is 13.0. The van der Waals surface area contributed by atoms with E-state index in [1.807, 2.05) is 0 Å². The quantitative estimate of drug-likeness (QED) is 0.404. The smallest absolute Gasteiger partial charge is 0.223 e. The van der Waals surface area contributed by atoms with Gasteiger partial charge in [-0.1, -0.05) is 22.9 Å². The van der Waals surface area contributed by atoms with Gasteiger partial charge in [0.15, 0.2) is 5.65 Å². The highest BCUT2D eigenvalue weighted by molar-refractivity contribution is 8.76. The predicted octanol–water partition coefficient (Wildman–Crippen LogP) is 2.13. The fourth-order valence-electron chi connectivity index (χ4n) is 2.96. The molecule has 4 rings (SSSR count). The number of nitrogen functional groups attached to an aromatic ring is 1. The van der Waals surface area contributed by atoms with E-state index in [2.05, 4.69) is 15.0 Å². The van der Waals surface area contributed by atoms with Crippen LogP contribution in [0, 0.1) is 5.82 Å². The fraction of sp³-hybridized carbons (Fsp3) is 0.353. The van der Waals surface area contributed by atoms with Crippen LogP contribution in [0.2, 0.25) is 0 Å². The fourth-order valence-corrected chi connectivity index (χ4v) is 5.08. The van der Waals surface area contributed by atoms with Crippen LogP contribution in [0.5, 0.6) is 0 Å². The Kier molecular flexibility index (Phi) is 5.69. The number of nitrogens with two attached hydrogens (primary N) is 1. The molecule has 1 fully saturated rings. The summed E-state index contributed by atoms with van der Waals surface area (Å²) in [5.74, 6) is 0.504. The Balaban J connectivity index is 1.53. The first-order valence-electron chi connectivity index (χ1n) is 8.53. The summed E-state index contributed by atoms with van der Waals surface area (Å²) >= 11 is 0. The average molecular weight is 423 g/mol. The molecule has 3 aromatic rings. The second kappa shape index (κ2) is 8.21. The van der Waals surface area contributed by atoms with Crippen LogP contribution in [0.1, 0.15) is 18.2 Å². The average Bonchev–Trinajstić information content (AvgIpc) is 3.26. The number of fused-ring (bicyclic) bond motifs is 1. The highest BCUT2D eigenvalue weighted by Gasteiger charge is 2.35. The molecule has 28 heavy (non-hydrogen) atoms. The number of hydrogen-bond acceptors (Lipinski definition) is 9. The van der Waals surface area contributed by atoms with Crippen LogP contribution < -0.4 is 5.73 Å². The van der Waals surface area contributed by atoms with E-state index in [9.17, 15) is 14.6 Å². The summed E-state index contributed by atoms with van der Waals surface area (Å²) in [7, 11) is 2.94. The summed E-state index contributed by atoms with van der Waals surface area (Å²) < 4.78 is 20.4. The van der Waals surface area contributed by atoms with Crippen molar-refractivity contribution in [2.45, 2.75) is 35.6 Å². The summed E-state index contributed by atoms with van der Waals surface area (Å²) in [4.78, 5) is 12.9. The molecular formula is C17H18FN5O3S2. The Labute approximate surface area is 167 Å². The molecule has 148 valence electrons. The van der Waals surface area contributed by atoms with Gasteiger partial charge in [-0.2, -0.15) is 4.98 Å². The highest BCUT2D eigenvalue weighted by atomic mass is 33.1. The van der Waals surface area contributed by atoms with Crippen LogP contribution in [-0.2, 0) is 10.5 Å². The second-order valence-corrected chi connectivity index (χ2v) is 8.58. The van der Waals surface area contributed by atoms with E-state index in [0.717, 1.165) is 5.56 Å². The van der Waals surface area contributed by atoms with Gasteiger partial charge in [0.25, 0.3) is 0 Å². The zero-order valence-electron chi connectivity index (χ0n) is 14.6. The molecule has 0 radical (unpaired) electrons. The number of halogens is 1. The lowest BCUT2D eigenvalue weighted by atomic mass is 10.2. The minimum absolute atomic E-state index is 0.108. The number of ether oxygens (including phenoxy) is 1. The summed E-state index contributed by atoms with van der Waals surface area (Å²) in [6.45, 7) is -0.261. The molecule has 3 heterocycles. The highest BCUT2D eigenvalue weighted by Crippen LogP contribution is 2.38. The normalized spacial score (nSPS) is 22.2. The molecule has 0 aliphatic carbocycles. The maximum Gasteiger partial charge on any atom is 0.223 e. The van der Waals surface area contributed by atoms with Crippen LogP contribution in [0.3, 0.4) is 0 Å². The SMILES string of the molecule is Nc1nc(SSCc2ccc(F)cc2)c2ncn(C3C[C@H](O)[C@@H](CO)O3)c2n1. The number of aliphatic hydroxyl groups excluding tert-OH is 2. The minimum atomic E-state index is -0.758. The van der Waals surface area contributed by atoms with E-state index in [1.165, 1.54) is 33.7 Å². The molecule has 2 aromatic heterocycles. The predicted molar refractivity (Wildman–Crippen MR) is 105 cm³/mol. The zero-order valence-corrected chi connectivity index (χ0v) is 16.2. The summed E-state index contributed by atoms with van der Waals surface area (Å²) in [6, 6.07) is 6.33. The van der Waals surface area contributed by atoms with Crippen molar-refractivity contribution in [2.75, 3.05) is 12.3 Å². The van der Waals surface area contributed by atoms with E-state index >= 15 is 0 Å². The minimum Gasteiger partial charge on any atom is -0.394 e. The summed E-state index contributed by atoms with van der Waals surface area (Å²) in [6.07, 6.45) is 0.0113. The summed E-state index contributed by atoms with van der Waals surface area (Å²) in [5, 5.41) is 19.9. The molecule has 11 heteroatoms. The Morgan fingerprint density at radius 1 is 1.29 bits per heavy atom.